The zero-order chi connectivity index (χ0) is 22.9. The molecule has 4 heterocycles. The first kappa shape index (κ1) is 20.9. The predicted octanol–water partition coefficient (Wildman–Crippen LogP) is 4.42. The van der Waals surface area contributed by atoms with Crippen LogP contribution in [0.3, 0.4) is 0 Å². The van der Waals surface area contributed by atoms with Crippen LogP contribution in [0.5, 0.6) is 5.75 Å². The number of anilines is 2. The van der Waals surface area contributed by atoms with Gasteiger partial charge in [-0.05, 0) is 68.3 Å². The number of aromatic nitrogens is 6. The van der Waals surface area contributed by atoms with Crippen LogP contribution in [0.2, 0.25) is 0 Å². The molecule has 0 unspecified atom stereocenters. The molecule has 5 rings (SSSR count). The molecule has 0 aliphatic carbocycles. The van der Waals surface area contributed by atoms with Crippen LogP contribution in [-0.4, -0.2) is 42.5 Å². The first-order chi connectivity index (χ1) is 16.0. The molecule has 0 saturated carbocycles. The molecule has 9 heteroatoms. The summed E-state index contributed by atoms with van der Waals surface area (Å²) in [6.07, 6.45) is 10.1. The second kappa shape index (κ2) is 8.50. The van der Waals surface area contributed by atoms with Gasteiger partial charge in [0.1, 0.15) is 12.1 Å². The van der Waals surface area contributed by atoms with E-state index >= 15 is 0 Å². The fourth-order valence-electron chi connectivity index (χ4n) is 3.95. The highest BCUT2D eigenvalue weighted by Gasteiger charge is 2.27. The van der Waals surface area contributed by atoms with Crippen molar-refractivity contribution in [3.63, 3.8) is 0 Å². The van der Waals surface area contributed by atoms with Crippen LogP contribution in [0.15, 0.2) is 49.1 Å². The molecule has 3 aromatic heterocycles. The molecule has 1 aromatic carbocycles. The number of hydrogen-bond acceptors (Lipinski definition) is 6. The molecule has 1 atom stereocenters. The fourth-order valence-corrected chi connectivity index (χ4v) is 3.95. The number of pyridine rings is 1. The van der Waals surface area contributed by atoms with Crippen LogP contribution >= 0.6 is 0 Å². The highest BCUT2D eigenvalue weighted by molar-refractivity contribution is 5.69. The van der Waals surface area contributed by atoms with Crippen LogP contribution in [0.1, 0.15) is 30.4 Å². The van der Waals surface area contributed by atoms with Gasteiger partial charge in [-0.15, -0.1) is 5.10 Å². The van der Waals surface area contributed by atoms with Gasteiger partial charge in [0.25, 0.3) is 0 Å². The molecule has 8 nitrogen and oxygen atoms in total. The minimum atomic E-state index is -0.258. The molecule has 0 amide bonds. The summed E-state index contributed by atoms with van der Waals surface area (Å²) in [6, 6.07) is 8.62. The highest BCUT2D eigenvalue weighted by atomic mass is 19.1. The third-order valence-corrected chi connectivity index (χ3v) is 5.64. The lowest BCUT2D eigenvalue weighted by Crippen LogP contribution is -2.36. The minimum absolute atomic E-state index is 0.233. The van der Waals surface area contributed by atoms with E-state index in [1.165, 1.54) is 12.1 Å². The predicted molar refractivity (Wildman–Crippen MR) is 124 cm³/mol. The fraction of sp³-hybridized carbons (Fsp3) is 0.250. The number of benzene rings is 1. The van der Waals surface area contributed by atoms with E-state index in [9.17, 15) is 4.39 Å². The normalized spacial score (nSPS) is 15.8. The zero-order valence-corrected chi connectivity index (χ0v) is 18.7. The van der Waals surface area contributed by atoms with Crippen molar-refractivity contribution >= 4 is 23.8 Å². The molecule has 0 bridgehead atoms. The molecule has 168 valence electrons. The Balaban J connectivity index is 1.42. The molecule has 0 spiro atoms. The van der Waals surface area contributed by atoms with Gasteiger partial charge in [0.15, 0.2) is 17.4 Å². The zero-order valence-electron chi connectivity index (χ0n) is 18.7. The van der Waals surface area contributed by atoms with Crippen molar-refractivity contribution < 1.29 is 9.13 Å². The summed E-state index contributed by atoms with van der Waals surface area (Å²) < 4.78 is 22.7. The van der Waals surface area contributed by atoms with Gasteiger partial charge in [0.05, 0.1) is 12.8 Å². The summed E-state index contributed by atoms with van der Waals surface area (Å²) in [5, 5.41) is 4.64. The second-order valence-corrected chi connectivity index (χ2v) is 8.03. The third-order valence-electron chi connectivity index (χ3n) is 5.64. The second-order valence-electron chi connectivity index (χ2n) is 8.03. The average molecular weight is 446 g/mol. The summed E-state index contributed by atoms with van der Waals surface area (Å²) in [7, 11) is 1.62. The Bertz CT molecular complexity index is 1310. The Morgan fingerprint density at radius 3 is 2.70 bits per heavy atom. The quantitative estimate of drug-likeness (QED) is 0.453. The Kier molecular flexibility index (Phi) is 5.37. The van der Waals surface area contributed by atoms with Crippen LogP contribution in [-0.2, 0) is 6.54 Å². The summed E-state index contributed by atoms with van der Waals surface area (Å²) in [5.74, 6) is 2.41. The lowest BCUT2D eigenvalue weighted by molar-refractivity contribution is 0.410. The van der Waals surface area contributed by atoms with Crippen molar-refractivity contribution in [2.45, 2.75) is 32.9 Å². The van der Waals surface area contributed by atoms with Crippen LogP contribution in [0.25, 0.3) is 18.0 Å². The topological polar surface area (TPSA) is 73.9 Å². The Morgan fingerprint density at radius 1 is 1.15 bits per heavy atom. The van der Waals surface area contributed by atoms with Gasteiger partial charge in [-0.1, -0.05) is 0 Å². The number of fused-ring (bicyclic) bond motifs is 1. The van der Waals surface area contributed by atoms with Crippen molar-refractivity contribution in [1.82, 2.24) is 29.3 Å². The lowest BCUT2D eigenvalue weighted by atomic mass is 10.1. The number of halogens is 1. The SMILES string of the molecule is COc1cc(C=Cc2nc3n(n2)CC[C@H](C)N3c2ccc(F)cc2)cnc1-n1cnc(C)c1. The monoisotopic (exact) mass is 445 g/mol. The van der Waals surface area contributed by atoms with Gasteiger partial charge < -0.3 is 9.64 Å². The third kappa shape index (κ3) is 4.09. The number of rotatable bonds is 5. The molecule has 0 radical (unpaired) electrons. The van der Waals surface area contributed by atoms with E-state index in [1.54, 1.807) is 31.8 Å². The number of hydrogen-bond donors (Lipinski definition) is 0. The van der Waals surface area contributed by atoms with E-state index in [4.69, 9.17) is 9.72 Å². The van der Waals surface area contributed by atoms with Crippen LogP contribution in [0.4, 0.5) is 16.0 Å². The van der Waals surface area contributed by atoms with Crippen LogP contribution < -0.4 is 9.64 Å². The van der Waals surface area contributed by atoms with E-state index in [-0.39, 0.29) is 11.9 Å². The summed E-state index contributed by atoms with van der Waals surface area (Å²) in [6.45, 7) is 4.84. The van der Waals surface area contributed by atoms with E-state index in [0.29, 0.717) is 17.4 Å². The first-order valence-corrected chi connectivity index (χ1v) is 10.7. The van der Waals surface area contributed by atoms with E-state index < -0.39 is 0 Å². The number of aryl methyl sites for hydroxylation is 2. The summed E-state index contributed by atoms with van der Waals surface area (Å²) in [4.78, 5) is 15.6. The molecule has 0 N–H and O–H groups in total. The van der Waals surface area contributed by atoms with Crippen molar-refractivity contribution in [1.29, 1.82) is 0 Å². The highest BCUT2D eigenvalue weighted by Crippen LogP contribution is 2.32. The van der Waals surface area contributed by atoms with E-state index in [2.05, 4.69) is 26.9 Å². The lowest BCUT2D eigenvalue weighted by Gasteiger charge is -2.34. The molecular formula is C24H24FN7O. The Labute approximate surface area is 191 Å². The number of methoxy groups -OCH3 is 1. The summed E-state index contributed by atoms with van der Waals surface area (Å²) in [5.41, 5.74) is 2.66. The number of ether oxygens (including phenoxy) is 1. The molecule has 1 aliphatic heterocycles. The van der Waals surface area contributed by atoms with Gasteiger partial charge in [0, 0.05) is 30.7 Å². The number of imidazole rings is 1. The largest absolute Gasteiger partial charge is 0.493 e. The molecular weight excluding hydrogens is 421 g/mol. The van der Waals surface area contributed by atoms with E-state index in [0.717, 1.165) is 35.9 Å². The average Bonchev–Trinajstić information content (AvgIpc) is 3.44. The van der Waals surface area contributed by atoms with Crippen LogP contribution in [0, 0.1) is 12.7 Å². The Hall–Kier alpha value is -4.01. The minimum Gasteiger partial charge on any atom is -0.493 e. The molecule has 4 aromatic rings. The summed E-state index contributed by atoms with van der Waals surface area (Å²) >= 11 is 0. The number of nitrogens with zero attached hydrogens (tertiary/aromatic N) is 7. The molecule has 0 saturated heterocycles. The van der Waals surface area contributed by atoms with Gasteiger partial charge in [-0.3, -0.25) is 4.57 Å². The van der Waals surface area contributed by atoms with Crippen molar-refractivity contribution in [3.8, 4) is 11.6 Å². The molecule has 0 fully saturated rings. The van der Waals surface area contributed by atoms with Gasteiger partial charge in [0.2, 0.25) is 5.95 Å². The maximum absolute atomic E-state index is 13.4. The smallest absolute Gasteiger partial charge is 0.229 e. The van der Waals surface area contributed by atoms with Gasteiger partial charge in [-0.2, -0.15) is 4.98 Å². The van der Waals surface area contributed by atoms with Gasteiger partial charge in [-0.25, -0.2) is 19.0 Å². The molecule has 33 heavy (non-hydrogen) atoms. The first-order valence-electron chi connectivity index (χ1n) is 10.7. The van der Waals surface area contributed by atoms with E-state index in [1.807, 2.05) is 40.6 Å². The van der Waals surface area contributed by atoms with Crippen molar-refractivity contribution in [3.05, 3.63) is 72.0 Å². The van der Waals surface area contributed by atoms with Crippen molar-refractivity contribution in [2.75, 3.05) is 12.0 Å². The maximum atomic E-state index is 13.4. The van der Waals surface area contributed by atoms with Gasteiger partial charge >= 0.3 is 0 Å². The standard InChI is InChI=1S/C24H24FN7O/c1-16-14-30(15-27-16)23-21(33-3)12-18(13-26-23)4-9-22-28-24-31(29-22)11-10-17(2)32(24)20-7-5-19(25)6-8-20/h4-9,12-15,17H,10-11H2,1-3H3/t17-/m0/s1. The maximum Gasteiger partial charge on any atom is 0.229 e. The van der Waals surface area contributed by atoms with Crippen molar-refractivity contribution in [2.24, 2.45) is 0 Å². The Morgan fingerprint density at radius 2 is 1.97 bits per heavy atom. The molecule has 1 aliphatic rings.